The number of nitrogens with zero attached hydrogens (tertiary/aromatic N) is 5. The number of carbonyl (C=O) groups is 1. The van der Waals surface area contributed by atoms with Gasteiger partial charge >= 0.3 is 0 Å². The highest BCUT2D eigenvalue weighted by Gasteiger charge is 2.36. The molecule has 0 unspecified atom stereocenters. The van der Waals surface area contributed by atoms with E-state index in [0.717, 1.165) is 43.8 Å². The van der Waals surface area contributed by atoms with E-state index in [1.807, 2.05) is 33.8 Å². The highest BCUT2D eigenvalue weighted by atomic mass is 16.5. The predicted octanol–water partition coefficient (Wildman–Crippen LogP) is 2.57. The van der Waals surface area contributed by atoms with Crippen LogP contribution in [0.2, 0.25) is 0 Å². The fourth-order valence-electron chi connectivity index (χ4n) is 3.37. The number of hydrogen-bond acceptors (Lipinski definition) is 5. The highest BCUT2D eigenvalue weighted by molar-refractivity contribution is 5.94. The molecule has 0 radical (unpaired) electrons. The van der Waals surface area contributed by atoms with E-state index in [1.165, 1.54) is 0 Å². The van der Waals surface area contributed by atoms with Gasteiger partial charge in [0.2, 0.25) is 5.89 Å². The first kappa shape index (κ1) is 13.7. The summed E-state index contributed by atoms with van der Waals surface area (Å²) in [5, 5.41) is 4.13. The summed E-state index contributed by atoms with van der Waals surface area (Å²) in [7, 11) is 0. The van der Waals surface area contributed by atoms with Gasteiger partial charge in [0, 0.05) is 31.1 Å². The lowest BCUT2D eigenvalue weighted by Gasteiger charge is -2.22. The summed E-state index contributed by atoms with van der Waals surface area (Å²) in [5.41, 5.74) is 1.48. The van der Waals surface area contributed by atoms with Crippen LogP contribution in [0.3, 0.4) is 0 Å². The van der Waals surface area contributed by atoms with Gasteiger partial charge in [0.05, 0.1) is 11.6 Å². The van der Waals surface area contributed by atoms with E-state index in [0.29, 0.717) is 17.3 Å². The van der Waals surface area contributed by atoms with Crippen molar-refractivity contribution in [3.8, 4) is 0 Å². The number of aromatic nitrogens is 4. The molecule has 1 amide bonds. The van der Waals surface area contributed by atoms with E-state index in [4.69, 9.17) is 4.52 Å². The molecule has 1 aliphatic carbocycles. The molecule has 122 valence electrons. The van der Waals surface area contributed by atoms with Crippen molar-refractivity contribution in [3.05, 3.63) is 48.0 Å². The average Bonchev–Trinajstić information content (AvgIpc) is 3.06. The van der Waals surface area contributed by atoms with Crippen LogP contribution in [0.1, 0.15) is 59.7 Å². The monoisotopic (exact) mass is 323 g/mol. The molecule has 7 heteroatoms. The molecule has 3 aromatic heterocycles. The van der Waals surface area contributed by atoms with Crippen molar-refractivity contribution < 1.29 is 9.32 Å². The Kier molecular flexibility index (Phi) is 2.95. The maximum absolute atomic E-state index is 13.0. The zero-order valence-electron chi connectivity index (χ0n) is 13.1. The van der Waals surface area contributed by atoms with Gasteiger partial charge in [-0.3, -0.25) is 4.79 Å². The van der Waals surface area contributed by atoms with Crippen LogP contribution in [0.4, 0.5) is 0 Å². The first-order valence-electron chi connectivity index (χ1n) is 8.37. The molecule has 5 rings (SSSR count). The molecule has 4 heterocycles. The second kappa shape index (κ2) is 5.15. The number of likely N-dealkylation sites (tertiary alicyclic amines) is 1. The third-order valence-corrected chi connectivity index (χ3v) is 4.83. The Morgan fingerprint density at radius 3 is 3.04 bits per heavy atom. The number of imidazole rings is 1. The maximum Gasteiger partial charge on any atom is 0.255 e. The van der Waals surface area contributed by atoms with E-state index >= 15 is 0 Å². The van der Waals surface area contributed by atoms with Crippen molar-refractivity contribution in [1.82, 2.24) is 24.4 Å². The molecular formula is C17H17N5O2. The van der Waals surface area contributed by atoms with Gasteiger partial charge < -0.3 is 13.8 Å². The molecule has 0 aromatic carbocycles. The fourth-order valence-corrected chi connectivity index (χ4v) is 3.37. The molecule has 0 spiro atoms. The third kappa shape index (κ3) is 2.19. The van der Waals surface area contributed by atoms with Gasteiger partial charge in [0.25, 0.3) is 5.91 Å². The molecule has 0 N–H and O–H groups in total. The zero-order chi connectivity index (χ0) is 16.1. The number of fused-ring (bicyclic) bond motifs is 1. The highest BCUT2D eigenvalue weighted by Crippen LogP contribution is 2.40. The van der Waals surface area contributed by atoms with Gasteiger partial charge in [-0.1, -0.05) is 5.16 Å². The molecule has 0 bridgehead atoms. The minimum atomic E-state index is -0.0905. The Morgan fingerprint density at radius 2 is 2.17 bits per heavy atom. The Hall–Kier alpha value is -2.70. The van der Waals surface area contributed by atoms with Gasteiger partial charge in [-0.05, 0) is 37.8 Å². The topological polar surface area (TPSA) is 76.5 Å². The van der Waals surface area contributed by atoms with Crippen LogP contribution in [0.25, 0.3) is 5.65 Å². The molecule has 2 aliphatic rings. The van der Waals surface area contributed by atoms with Crippen molar-refractivity contribution in [2.24, 2.45) is 0 Å². The number of hydrogen-bond donors (Lipinski definition) is 0. The van der Waals surface area contributed by atoms with Crippen molar-refractivity contribution in [2.75, 3.05) is 6.54 Å². The molecule has 7 nitrogen and oxygen atoms in total. The second-order valence-corrected chi connectivity index (χ2v) is 6.53. The van der Waals surface area contributed by atoms with Crippen LogP contribution in [-0.2, 0) is 0 Å². The van der Waals surface area contributed by atoms with Gasteiger partial charge in [0.15, 0.2) is 5.82 Å². The SMILES string of the molecule is O=C(c1ccc2nccn2c1)N1CCC[C@H]1c1noc(C2CC2)n1. The summed E-state index contributed by atoms with van der Waals surface area (Å²) in [4.78, 5) is 23.6. The molecule has 24 heavy (non-hydrogen) atoms. The first-order valence-corrected chi connectivity index (χ1v) is 8.37. The Bertz CT molecular complexity index is 910. The molecule has 1 saturated carbocycles. The first-order chi connectivity index (χ1) is 11.8. The number of rotatable bonds is 3. The summed E-state index contributed by atoms with van der Waals surface area (Å²) >= 11 is 0. The quantitative estimate of drug-likeness (QED) is 0.740. The third-order valence-electron chi connectivity index (χ3n) is 4.83. The fraction of sp³-hybridized carbons (Fsp3) is 0.412. The van der Waals surface area contributed by atoms with Crippen molar-refractivity contribution in [2.45, 2.75) is 37.6 Å². The van der Waals surface area contributed by atoms with Gasteiger partial charge in [-0.2, -0.15) is 4.98 Å². The van der Waals surface area contributed by atoms with E-state index in [-0.39, 0.29) is 11.9 Å². The average molecular weight is 323 g/mol. The summed E-state index contributed by atoms with van der Waals surface area (Å²) in [6, 6.07) is 3.59. The normalized spacial score (nSPS) is 20.8. The van der Waals surface area contributed by atoms with Gasteiger partial charge in [0.1, 0.15) is 5.65 Å². The smallest absolute Gasteiger partial charge is 0.255 e. The molecule has 2 fully saturated rings. The van der Waals surface area contributed by atoms with E-state index in [9.17, 15) is 4.79 Å². The van der Waals surface area contributed by atoms with Crippen LogP contribution in [0.5, 0.6) is 0 Å². The van der Waals surface area contributed by atoms with E-state index < -0.39 is 0 Å². The van der Waals surface area contributed by atoms with Gasteiger partial charge in [-0.25, -0.2) is 4.98 Å². The minimum Gasteiger partial charge on any atom is -0.339 e. The number of amides is 1. The predicted molar refractivity (Wildman–Crippen MR) is 84.5 cm³/mol. The van der Waals surface area contributed by atoms with Crippen molar-refractivity contribution in [1.29, 1.82) is 0 Å². The largest absolute Gasteiger partial charge is 0.339 e. The lowest BCUT2D eigenvalue weighted by molar-refractivity contribution is 0.0728. The maximum atomic E-state index is 13.0. The lowest BCUT2D eigenvalue weighted by atomic mass is 10.2. The van der Waals surface area contributed by atoms with Crippen LogP contribution in [0, 0.1) is 0 Å². The summed E-state index contributed by atoms with van der Waals surface area (Å²) < 4.78 is 7.23. The Labute approximate surface area is 138 Å². The van der Waals surface area contributed by atoms with Crippen molar-refractivity contribution >= 4 is 11.6 Å². The minimum absolute atomic E-state index is 0.00544. The van der Waals surface area contributed by atoms with Crippen LogP contribution >= 0.6 is 0 Å². The molecule has 1 aliphatic heterocycles. The van der Waals surface area contributed by atoms with E-state index in [1.54, 1.807) is 6.20 Å². The Balaban J connectivity index is 1.43. The number of carbonyl (C=O) groups excluding carboxylic acids is 1. The summed E-state index contributed by atoms with van der Waals surface area (Å²) in [6.07, 6.45) is 9.47. The van der Waals surface area contributed by atoms with E-state index in [2.05, 4.69) is 15.1 Å². The van der Waals surface area contributed by atoms with Gasteiger partial charge in [-0.15, -0.1) is 0 Å². The molecule has 3 aromatic rings. The Morgan fingerprint density at radius 1 is 1.25 bits per heavy atom. The summed E-state index contributed by atoms with van der Waals surface area (Å²) in [5.74, 6) is 1.81. The lowest BCUT2D eigenvalue weighted by Crippen LogP contribution is -2.31. The van der Waals surface area contributed by atoms with Crippen LogP contribution in [-0.4, -0.2) is 36.9 Å². The molecular weight excluding hydrogens is 306 g/mol. The number of pyridine rings is 1. The van der Waals surface area contributed by atoms with Crippen LogP contribution in [0.15, 0.2) is 35.2 Å². The molecule has 1 saturated heterocycles. The summed E-state index contributed by atoms with van der Waals surface area (Å²) in [6.45, 7) is 0.721. The second-order valence-electron chi connectivity index (χ2n) is 6.53. The molecule has 1 atom stereocenters. The van der Waals surface area contributed by atoms with Crippen molar-refractivity contribution in [3.63, 3.8) is 0 Å². The standard InChI is InChI=1S/C17H17N5O2/c23-17(12-5-6-14-18-7-9-21(14)10-12)22-8-1-2-13(22)15-19-16(24-20-15)11-3-4-11/h5-7,9-11,13H,1-4,8H2/t13-/m0/s1. The van der Waals surface area contributed by atoms with Crippen LogP contribution < -0.4 is 0 Å². The zero-order valence-corrected chi connectivity index (χ0v) is 13.1.